The van der Waals surface area contributed by atoms with Gasteiger partial charge in [-0.15, -0.1) is 0 Å². The highest BCUT2D eigenvalue weighted by molar-refractivity contribution is 9.10. The van der Waals surface area contributed by atoms with Gasteiger partial charge >= 0.3 is 0 Å². The van der Waals surface area contributed by atoms with Gasteiger partial charge in [-0.2, -0.15) is 0 Å². The molecule has 11 heavy (non-hydrogen) atoms. The SMILES string of the molecule is [2H]C([2H])([2H])C(c1cccc(Br)c1)(C([2H])([2H])[2H])C([2H])([2H])[2H]. The minimum atomic E-state index is -3.22. The van der Waals surface area contributed by atoms with Crippen LogP contribution in [0, 0.1) is 0 Å². The first-order valence-corrected chi connectivity index (χ1v) is 3.80. The molecule has 0 amide bonds. The van der Waals surface area contributed by atoms with E-state index in [1.165, 1.54) is 18.2 Å². The Labute approximate surface area is 89.4 Å². The molecule has 0 N–H and O–H groups in total. The molecular formula is C10H13Br. The Morgan fingerprint density at radius 3 is 2.64 bits per heavy atom. The first kappa shape index (κ1) is 2.59. The number of benzene rings is 1. The van der Waals surface area contributed by atoms with E-state index < -0.39 is 26.0 Å². The van der Waals surface area contributed by atoms with Gasteiger partial charge in [-0.3, -0.25) is 0 Å². The first-order valence-electron chi connectivity index (χ1n) is 7.51. The second kappa shape index (κ2) is 2.98. The summed E-state index contributed by atoms with van der Waals surface area (Å²) in [5.41, 5.74) is -3.19. The molecule has 1 aromatic carbocycles. The maximum absolute atomic E-state index is 7.55. The molecule has 0 spiro atoms. The molecule has 0 aliphatic heterocycles. The third-order valence-corrected chi connectivity index (χ3v) is 1.75. The summed E-state index contributed by atoms with van der Waals surface area (Å²) >= 11 is 3.10. The van der Waals surface area contributed by atoms with Crippen molar-refractivity contribution >= 4 is 15.9 Å². The molecule has 0 heterocycles. The molecule has 0 unspecified atom stereocenters. The van der Waals surface area contributed by atoms with Crippen molar-refractivity contribution < 1.29 is 12.3 Å². The maximum Gasteiger partial charge on any atom is 0.0239 e. The molecule has 1 rings (SSSR count). The largest absolute Gasteiger partial charge is 0.0609 e. The lowest BCUT2D eigenvalue weighted by Gasteiger charge is -2.18. The Morgan fingerprint density at radius 2 is 2.09 bits per heavy atom. The summed E-state index contributed by atoms with van der Waals surface area (Å²) in [5.74, 6) is 0. The van der Waals surface area contributed by atoms with Crippen molar-refractivity contribution in [3.05, 3.63) is 34.3 Å². The van der Waals surface area contributed by atoms with E-state index in [1.54, 1.807) is 6.07 Å². The van der Waals surface area contributed by atoms with Gasteiger partial charge in [-0.05, 0) is 23.1 Å². The van der Waals surface area contributed by atoms with Gasteiger partial charge in [0, 0.05) is 16.8 Å². The summed E-state index contributed by atoms with van der Waals surface area (Å²) in [6.07, 6.45) is 0. The monoisotopic (exact) mass is 221 g/mol. The Kier molecular flexibility index (Phi) is 0.702. The molecule has 0 saturated carbocycles. The minimum Gasteiger partial charge on any atom is -0.0609 e. The predicted molar refractivity (Wildman–Crippen MR) is 52.8 cm³/mol. The molecule has 60 valence electrons. The Morgan fingerprint density at radius 1 is 1.36 bits per heavy atom. The zero-order valence-corrected chi connectivity index (χ0v) is 7.27. The third kappa shape index (κ3) is 2.33. The lowest BCUT2D eigenvalue weighted by molar-refractivity contribution is 0.590. The first-order chi connectivity index (χ1) is 8.75. The highest BCUT2D eigenvalue weighted by Gasteiger charge is 2.12. The topological polar surface area (TPSA) is 0 Å². The molecular weight excluding hydrogens is 200 g/mol. The summed E-state index contributed by atoms with van der Waals surface area (Å²) in [7, 11) is 0. The van der Waals surface area contributed by atoms with Gasteiger partial charge in [0.2, 0.25) is 0 Å². The minimum absolute atomic E-state index is 0.258. The summed E-state index contributed by atoms with van der Waals surface area (Å²) in [4.78, 5) is 0. The van der Waals surface area contributed by atoms with E-state index >= 15 is 0 Å². The highest BCUT2D eigenvalue weighted by atomic mass is 79.9. The van der Waals surface area contributed by atoms with E-state index in [1.807, 2.05) is 0 Å². The van der Waals surface area contributed by atoms with Crippen molar-refractivity contribution in [3.63, 3.8) is 0 Å². The van der Waals surface area contributed by atoms with E-state index in [4.69, 9.17) is 12.3 Å². The van der Waals surface area contributed by atoms with Crippen LogP contribution >= 0.6 is 15.9 Å². The molecule has 0 aromatic heterocycles. The van der Waals surface area contributed by atoms with Gasteiger partial charge in [0.15, 0.2) is 0 Å². The standard InChI is InChI=1S/C10H13Br/c1-10(2,3)8-5-4-6-9(11)7-8/h4-7H,1-3H3/i1D3,2D3,3D3. The van der Waals surface area contributed by atoms with Gasteiger partial charge in [0.1, 0.15) is 0 Å². The molecule has 0 radical (unpaired) electrons. The van der Waals surface area contributed by atoms with Crippen LogP contribution in [-0.2, 0) is 5.41 Å². The van der Waals surface area contributed by atoms with Crippen LogP contribution in [0.15, 0.2) is 28.7 Å². The zero-order chi connectivity index (χ0) is 16.0. The second-order valence-electron chi connectivity index (χ2n) is 2.26. The highest BCUT2D eigenvalue weighted by Crippen LogP contribution is 2.24. The molecule has 0 bridgehead atoms. The van der Waals surface area contributed by atoms with Crippen LogP contribution in [0.2, 0.25) is 0 Å². The molecule has 0 fully saturated rings. The summed E-state index contributed by atoms with van der Waals surface area (Å²) in [5, 5.41) is 0. The van der Waals surface area contributed by atoms with Crippen LogP contribution in [0.5, 0.6) is 0 Å². The van der Waals surface area contributed by atoms with Crippen molar-refractivity contribution in [1.29, 1.82) is 0 Å². The Hall–Kier alpha value is -0.300. The summed E-state index contributed by atoms with van der Waals surface area (Å²) in [6.45, 7) is -9.65. The van der Waals surface area contributed by atoms with E-state index in [0.29, 0.717) is 4.47 Å². The van der Waals surface area contributed by atoms with Crippen molar-refractivity contribution in [2.75, 3.05) is 0 Å². The number of hydrogen-bond acceptors (Lipinski definition) is 0. The third-order valence-electron chi connectivity index (χ3n) is 1.26. The molecule has 0 nitrogen and oxygen atoms in total. The molecule has 1 aromatic rings. The Bertz CT molecular complexity index is 447. The van der Waals surface area contributed by atoms with Crippen LogP contribution in [-0.4, -0.2) is 0 Å². The predicted octanol–water partition coefficient (Wildman–Crippen LogP) is 3.75. The fourth-order valence-electron chi connectivity index (χ4n) is 0.722. The van der Waals surface area contributed by atoms with Crippen molar-refractivity contribution in [3.8, 4) is 0 Å². The summed E-state index contributed by atoms with van der Waals surface area (Å²) < 4.78 is 68.4. The average molecular weight is 222 g/mol. The van der Waals surface area contributed by atoms with E-state index in [-0.39, 0.29) is 5.56 Å². The van der Waals surface area contributed by atoms with Crippen LogP contribution in [0.1, 0.15) is 38.5 Å². The van der Waals surface area contributed by atoms with E-state index in [2.05, 4.69) is 15.9 Å². The average Bonchev–Trinajstić information content (AvgIpc) is 2.10. The maximum atomic E-state index is 7.55. The Balaban J connectivity index is 3.82. The van der Waals surface area contributed by atoms with Crippen LogP contribution in [0.3, 0.4) is 0 Å². The van der Waals surface area contributed by atoms with Crippen molar-refractivity contribution in [2.24, 2.45) is 0 Å². The molecule has 0 saturated heterocycles. The summed E-state index contributed by atoms with van der Waals surface area (Å²) in [6, 6.07) is 5.42. The number of hydrogen-bond donors (Lipinski definition) is 0. The molecule has 0 aliphatic rings. The van der Waals surface area contributed by atoms with E-state index in [9.17, 15) is 0 Å². The van der Waals surface area contributed by atoms with Crippen LogP contribution < -0.4 is 0 Å². The fourth-order valence-corrected chi connectivity index (χ4v) is 1.12. The van der Waals surface area contributed by atoms with Crippen LogP contribution in [0.25, 0.3) is 0 Å². The number of rotatable bonds is 0. The normalized spacial score (nSPS) is 27.2. The van der Waals surface area contributed by atoms with Gasteiger partial charge < -0.3 is 0 Å². The lowest BCUT2D eigenvalue weighted by atomic mass is 9.87. The van der Waals surface area contributed by atoms with Gasteiger partial charge in [0.25, 0.3) is 0 Å². The quantitative estimate of drug-likeness (QED) is 0.627. The van der Waals surface area contributed by atoms with Crippen LogP contribution in [0.4, 0.5) is 0 Å². The zero-order valence-electron chi connectivity index (χ0n) is 14.7. The van der Waals surface area contributed by atoms with E-state index in [0.717, 1.165) is 0 Å². The van der Waals surface area contributed by atoms with Crippen molar-refractivity contribution in [1.82, 2.24) is 0 Å². The second-order valence-corrected chi connectivity index (χ2v) is 3.18. The van der Waals surface area contributed by atoms with Crippen molar-refractivity contribution in [2.45, 2.75) is 26.0 Å². The number of halogens is 1. The molecule has 1 heteroatoms. The fraction of sp³-hybridized carbons (Fsp3) is 0.400. The lowest BCUT2D eigenvalue weighted by Crippen LogP contribution is -2.10. The van der Waals surface area contributed by atoms with Gasteiger partial charge in [-0.1, -0.05) is 48.6 Å². The van der Waals surface area contributed by atoms with Gasteiger partial charge in [-0.25, -0.2) is 0 Å². The smallest absolute Gasteiger partial charge is 0.0239 e. The molecule has 0 atom stereocenters. The van der Waals surface area contributed by atoms with Gasteiger partial charge in [0.05, 0.1) is 0 Å². The molecule has 0 aliphatic carbocycles.